The molecule has 0 bridgehead atoms. The molecule has 3 N–H and O–H groups in total. The summed E-state index contributed by atoms with van der Waals surface area (Å²) in [5, 5.41) is 5.51. The van der Waals surface area contributed by atoms with Crippen LogP contribution in [0.2, 0.25) is 5.02 Å². The number of primary amides is 1. The predicted octanol–water partition coefficient (Wildman–Crippen LogP) is 4.32. The number of rotatable bonds is 4. The molecule has 2 aromatic heterocycles. The molecule has 0 fully saturated rings. The van der Waals surface area contributed by atoms with Crippen LogP contribution in [-0.2, 0) is 0 Å². The molecule has 0 aliphatic carbocycles. The first-order chi connectivity index (χ1) is 11.5. The Hall–Kier alpha value is -2.57. The molecule has 0 radical (unpaired) electrons. The summed E-state index contributed by atoms with van der Waals surface area (Å²) in [6.45, 7) is 1.69. The molecule has 0 unspecified atom stereocenters. The first-order valence-electron chi connectivity index (χ1n) is 7.00. The van der Waals surface area contributed by atoms with Gasteiger partial charge in [-0.1, -0.05) is 23.7 Å². The number of nitrogens with two attached hydrogens (primary N) is 1. The summed E-state index contributed by atoms with van der Waals surface area (Å²) in [7, 11) is 0. The monoisotopic (exact) mass is 360 g/mol. The van der Waals surface area contributed by atoms with Crippen molar-refractivity contribution in [2.45, 2.75) is 6.92 Å². The van der Waals surface area contributed by atoms with Gasteiger partial charge in [0.1, 0.15) is 10.8 Å². The fourth-order valence-corrected chi connectivity index (χ4v) is 3.42. The van der Waals surface area contributed by atoms with Crippen LogP contribution in [0.15, 0.2) is 46.4 Å². The fourth-order valence-electron chi connectivity index (χ4n) is 2.33. The Labute approximate surface area is 147 Å². The van der Waals surface area contributed by atoms with E-state index in [0.29, 0.717) is 26.9 Å². The zero-order chi connectivity index (χ0) is 17.3. The van der Waals surface area contributed by atoms with E-state index in [1.807, 2.05) is 0 Å². The summed E-state index contributed by atoms with van der Waals surface area (Å²) in [6, 6.07) is 8.62. The number of hydrogen-bond donors (Lipinski definition) is 2. The van der Waals surface area contributed by atoms with Crippen LogP contribution < -0.4 is 11.1 Å². The molecule has 24 heavy (non-hydrogen) atoms. The van der Waals surface area contributed by atoms with Gasteiger partial charge in [0.05, 0.1) is 17.4 Å². The van der Waals surface area contributed by atoms with Gasteiger partial charge in [0, 0.05) is 16.0 Å². The summed E-state index contributed by atoms with van der Waals surface area (Å²) in [5.74, 6) is -0.462. The molecule has 2 heterocycles. The normalized spacial score (nSPS) is 10.6. The standard InChI is InChI=1S/C17H13ClN2O3S/c1-9-12(6-7-23-9)16(22)20-17-14(15(19)21)13(8-24-17)10-2-4-11(18)5-3-10/h2-8H,1H3,(H2,19,21)(H,20,22). The van der Waals surface area contributed by atoms with E-state index in [4.69, 9.17) is 21.8 Å². The minimum absolute atomic E-state index is 0.275. The van der Waals surface area contributed by atoms with Crippen molar-refractivity contribution in [1.29, 1.82) is 0 Å². The highest BCUT2D eigenvalue weighted by atomic mass is 35.5. The van der Waals surface area contributed by atoms with E-state index in [-0.39, 0.29) is 11.5 Å². The smallest absolute Gasteiger partial charge is 0.259 e. The third-order valence-electron chi connectivity index (χ3n) is 3.52. The van der Waals surface area contributed by atoms with Gasteiger partial charge in [0.2, 0.25) is 0 Å². The van der Waals surface area contributed by atoms with Gasteiger partial charge >= 0.3 is 0 Å². The number of furan rings is 1. The Morgan fingerprint density at radius 1 is 1.21 bits per heavy atom. The second kappa shape index (κ2) is 6.51. The molecule has 1 aromatic carbocycles. The van der Waals surface area contributed by atoms with Crippen molar-refractivity contribution in [3.63, 3.8) is 0 Å². The number of nitrogens with one attached hydrogen (secondary N) is 1. The summed E-state index contributed by atoms with van der Waals surface area (Å²) in [4.78, 5) is 24.2. The number of aryl methyl sites for hydroxylation is 1. The summed E-state index contributed by atoms with van der Waals surface area (Å²) < 4.78 is 5.13. The number of thiophene rings is 1. The van der Waals surface area contributed by atoms with E-state index in [0.717, 1.165) is 5.56 Å². The van der Waals surface area contributed by atoms with Crippen LogP contribution in [0.3, 0.4) is 0 Å². The number of halogens is 1. The number of hydrogen-bond acceptors (Lipinski definition) is 4. The third-order valence-corrected chi connectivity index (χ3v) is 4.67. The van der Waals surface area contributed by atoms with E-state index in [2.05, 4.69) is 5.32 Å². The lowest BCUT2D eigenvalue weighted by Gasteiger charge is -2.06. The third kappa shape index (κ3) is 3.06. The predicted molar refractivity (Wildman–Crippen MR) is 94.7 cm³/mol. The maximum Gasteiger partial charge on any atom is 0.259 e. The highest BCUT2D eigenvalue weighted by Gasteiger charge is 2.21. The number of anilines is 1. The average Bonchev–Trinajstić information content (AvgIpc) is 3.14. The van der Waals surface area contributed by atoms with E-state index in [1.54, 1.807) is 42.6 Å². The van der Waals surface area contributed by atoms with Crippen LogP contribution >= 0.6 is 22.9 Å². The maximum atomic E-state index is 12.3. The molecule has 3 aromatic rings. The minimum Gasteiger partial charge on any atom is -0.469 e. The SMILES string of the molecule is Cc1occc1C(=O)Nc1scc(-c2ccc(Cl)cc2)c1C(N)=O. The lowest BCUT2D eigenvalue weighted by atomic mass is 10.0. The van der Waals surface area contributed by atoms with Crippen LogP contribution in [0.5, 0.6) is 0 Å². The maximum absolute atomic E-state index is 12.3. The van der Waals surface area contributed by atoms with Gasteiger partial charge < -0.3 is 15.5 Å². The van der Waals surface area contributed by atoms with Gasteiger partial charge in [0.15, 0.2) is 0 Å². The molecule has 3 rings (SSSR count). The molecular formula is C17H13ClN2O3S. The summed E-state index contributed by atoms with van der Waals surface area (Å²) >= 11 is 7.13. The van der Waals surface area contributed by atoms with Crippen molar-refractivity contribution < 1.29 is 14.0 Å². The number of carbonyl (C=O) groups excluding carboxylic acids is 2. The zero-order valence-corrected chi connectivity index (χ0v) is 14.2. The van der Waals surface area contributed by atoms with Gasteiger partial charge in [-0.3, -0.25) is 9.59 Å². The zero-order valence-electron chi connectivity index (χ0n) is 12.6. The number of carbonyl (C=O) groups is 2. The Balaban J connectivity index is 1.98. The van der Waals surface area contributed by atoms with Crippen molar-refractivity contribution in [3.05, 3.63) is 63.9 Å². The van der Waals surface area contributed by atoms with Crippen LogP contribution in [0.1, 0.15) is 26.5 Å². The van der Waals surface area contributed by atoms with Gasteiger partial charge in [-0.2, -0.15) is 0 Å². The number of amides is 2. The Bertz CT molecular complexity index is 912. The second-order valence-corrected chi connectivity index (χ2v) is 6.39. The molecule has 122 valence electrons. The van der Waals surface area contributed by atoms with Gasteiger partial charge in [-0.05, 0) is 30.7 Å². The Morgan fingerprint density at radius 2 is 1.92 bits per heavy atom. The van der Waals surface area contributed by atoms with Crippen molar-refractivity contribution in [2.24, 2.45) is 5.73 Å². The van der Waals surface area contributed by atoms with E-state index in [9.17, 15) is 9.59 Å². The number of benzene rings is 1. The van der Waals surface area contributed by atoms with Crippen LogP contribution in [0.4, 0.5) is 5.00 Å². The van der Waals surface area contributed by atoms with Crippen molar-refractivity contribution in [2.75, 3.05) is 5.32 Å². The molecule has 0 aliphatic rings. The highest BCUT2D eigenvalue weighted by Crippen LogP contribution is 2.36. The molecule has 7 heteroatoms. The lowest BCUT2D eigenvalue weighted by Crippen LogP contribution is -2.17. The quantitative estimate of drug-likeness (QED) is 0.726. The fraction of sp³-hybridized carbons (Fsp3) is 0.0588. The van der Waals surface area contributed by atoms with Crippen LogP contribution in [0, 0.1) is 6.92 Å². The topological polar surface area (TPSA) is 85.3 Å². The molecule has 0 saturated carbocycles. The first-order valence-corrected chi connectivity index (χ1v) is 8.26. The van der Waals surface area contributed by atoms with Gasteiger partial charge in [0.25, 0.3) is 11.8 Å². The molecular weight excluding hydrogens is 348 g/mol. The van der Waals surface area contributed by atoms with Gasteiger partial charge in [-0.15, -0.1) is 11.3 Å². The van der Waals surface area contributed by atoms with Crippen LogP contribution in [-0.4, -0.2) is 11.8 Å². The summed E-state index contributed by atoms with van der Waals surface area (Å²) in [5.41, 5.74) is 7.66. The average molecular weight is 361 g/mol. The molecule has 0 spiro atoms. The first kappa shape index (κ1) is 16.3. The van der Waals surface area contributed by atoms with Crippen molar-refractivity contribution in [1.82, 2.24) is 0 Å². The second-order valence-electron chi connectivity index (χ2n) is 5.07. The van der Waals surface area contributed by atoms with Crippen LogP contribution in [0.25, 0.3) is 11.1 Å². The molecule has 5 nitrogen and oxygen atoms in total. The van der Waals surface area contributed by atoms with E-state index >= 15 is 0 Å². The lowest BCUT2D eigenvalue weighted by molar-refractivity contribution is 0.100. The molecule has 0 atom stereocenters. The molecule has 0 saturated heterocycles. The van der Waals surface area contributed by atoms with Gasteiger partial charge in [-0.25, -0.2) is 0 Å². The summed E-state index contributed by atoms with van der Waals surface area (Å²) in [6.07, 6.45) is 1.44. The highest BCUT2D eigenvalue weighted by molar-refractivity contribution is 7.15. The van der Waals surface area contributed by atoms with E-state index < -0.39 is 5.91 Å². The van der Waals surface area contributed by atoms with Crippen molar-refractivity contribution in [3.8, 4) is 11.1 Å². The molecule has 2 amide bonds. The largest absolute Gasteiger partial charge is 0.469 e. The Morgan fingerprint density at radius 3 is 2.50 bits per heavy atom. The van der Waals surface area contributed by atoms with Crippen molar-refractivity contribution >= 4 is 39.8 Å². The minimum atomic E-state index is -0.611. The Kier molecular flexibility index (Phi) is 4.42. The molecule has 0 aliphatic heterocycles. The van der Waals surface area contributed by atoms with E-state index in [1.165, 1.54) is 17.6 Å².